The van der Waals surface area contributed by atoms with Crippen molar-refractivity contribution in [1.29, 1.82) is 0 Å². The van der Waals surface area contributed by atoms with Crippen LogP contribution in [0.15, 0.2) is 12.3 Å². The predicted molar refractivity (Wildman–Crippen MR) is 81.2 cm³/mol. The molecular weight excluding hydrogens is 341 g/mol. The Morgan fingerprint density at radius 3 is 2.68 bits per heavy atom. The second-order valence-electron chi connectivity index (χ2n) is 6.15. The number of hydrogen-bond donors (Lipinski definition) is 1. The van der Waals surface area contributed by atoms with Gasteiger partial charge in [0.25, 0.3) is 0 Å². The minimum atomic E-state index is -4.83. The van der Waals surface area contributed by atoms with Crippen LogP contribution < -0.4 is 4.74 Å². The summed E-state index contributed by atoms with van der Waals surface area (Å²) in [4.78, 5) is 3.86. The average Bonchev–Trinajstić information content (AvgIpc) is 3.10. The Morgan fingerprint density at radius 1 is 1.32 bits per heavy atom. The van der Waals surface area contributed by atoms with Crippen LogP contribution in [-0.4, -0.2) is 50.9 Å². The molecule has 3 rings (SSSR count). The minimum absolute atomic E-state index is 0.315. The molecule has 0 spiro atoms. The largest absolute Gasteiger partial charge is 0.474 e. The van der Waals surface area contributed by atoms with E-state index in [1.165, 1.54) is 10.8 Å². The molecule has 0 radical (unpaired) electrons. The van der Waals surface area contributed by atoms with Gasteiger partial charge in [-0.15, -0.1) is 5.10 Å². The number of halogens is 3. The number of hydrogen-bond acceptors (Lipinski definition) is 5. The number of ether oxygens (including phenoxy) is 2. The van der Waals surface area contributed by atoms with Crippen LogP contribution in [0.1, 0.15) is 25.7 Å². The van der Waals surface area contributed by atoms with Crippen LogP contribution in [0, 0.1) is 0 Å². The topological polar surface area (TPSA) is 74.3 Å². The molecule has 3 heterocycles. The predicted octanol–water partition coefficient (Wildman–Crippen LogP) is 2.12. The standard InChI is InChI=1S/C15H19F3N4O3/c1-9-8-21-10(6-12(20-21)25-5-4-24-3)11-7-19-13(22(9)11)14(2,23)15(16,17)18/h6-7,9,23H,4-5,8H2,1-3H3/t9-,14+/m0/s1. The van der Waals surface area contributed by atoms with Crippen molar-refractivity contribution in [1.82, 2.24) is 19.3 Å². The summed E-state index contributed by atoms with van der Waals surface area (Å²) in [5, 5.41) is 14.3. The van der Waals surface area contributed by atoms with Crippen molar-refractivity contribution in [3.05, 3.63) is 18.1 Å². The fourth-order valence-corrected chi connectivity index (χ4v) is 2.85. The molecule has 1 aliphatic heterocycles. The van der Waals surface area contributed by atoms with Crippen molar-refractivity contribution in [2.45, 2.75) is 38.2 Å². The minimum Gasteiger partial charge on any atom is -0.474 e. The number of fused-ring (bicyclic) bond motifs is 3. The molecule has 25 heavy (non-hydrogen) atoms. The molecule has 0 fully saturated rings. The maximum Gasteiger partial charge on any atom is 0.424 e. The number of aliphatic hydroxyl groups is 1. The highest BCUT2D eigenvalue weighted by Gasteiger charge is 2.55. The molecule has 0 aliphatic carbocycles. The van der Waals surface area contributed by atoms with E-state index in [4.69, 9.17) is 9.47 Å². The van der Waals surface area contributed by atoms with E-state index in [0.717, 1.165) is 0 Å². The number of imidazole rings is 1. The highest BCUT2D eigenvalue weighted by molar-refractivity contribution is 5.58. The molecule has 1 aliphatic rings. The zero-order valence-corrected chi connectivity index (χ0v) is 14.0. The zero-order chi connectivity index (χ0) is 18.4. The van der Waals surface area contributed by atoms with Gasteiger partial charge in [0.15, 0.2) is 5.82 Å². The molecule has 2 aromatic rings. The van der Waals surface area contributed by atoms with Gasteiger partial charge in [-0.05, 0) is 13.8 Å². The number of alkyl halides is 3. The summed E-state index contributed by atoms with van der Waals surface area (Å²) in [5.41, 5.74) is -2.01. The molecule has 1 N–H and O–H groups in total. The van der Waals surface area contributed by atoms with Crippen molar-refractivity contribution in [3.63, 3.8) is 0 Å². The van der Waals surface area contributed by atoms with Crippen LogP contribution in [0.2, 0.25) is 0 Å². The van der Waals surface area contributed by atoms with Crippen molar-refractivity contribution in [2.24, 2.45) is 0 Å². The third kappa shape index (κ3) is 2.89. The first-order chi connectivity index (χ1) is 11.7. The fraction of sp³-hybridized carbons (Fsp3) is 0.600. The molecule has 0 saturated carbocycles. The maximum absolute atomic E-state index is 13.2. The molecule has 0 aromatic carbocycles. The Hall–Kier alpha value is -2.07. The normalized spacial score (nSPS) is 19.2. The molecule has 0 saturated heterocycles. The van der Waals surface area contributed by atoms with Crippen molar-refractivity contribution in [2.75, 3.05) is 20.3 Å². The van der Waals surface area contributed by atoms with Crippen molar-refractivity contribution in [3.8, 4) is 17.3 Å². The van der Waals surface area contributed by atoms with E-state index in [9.17, 15) is 18.3 Å². The van der Waals surface area contributed by atoms with Gasteiger partial charge in [-0.25, -0.2) is 4.98 Å². The van der Waals surface area contributed by atoms with Crippen molar-refractivity contribution < 1.29 is 27.8 Å². The third-order valence-electron chi connectivity index (χ3n) is 4.22. The van der Waals surface area contributed by atoms with Gasteiger partial charge in [-0.3, -0.25) is 4.68 Å². The molecule has 0 amide bonds. The molecule has 2 aromatic heterocycles. The Bertz CT molecular complexity index is 767. The Kier molecular flexibility index (Phi) is 4.28. The summed E-state index contributed by atoms with van der Waals surface area (Å²) in [7, 11) is 1.55. The van der Waals surface area contributed by atoms with Gasteiger partial charge in [0.05, 0.1) is 36.8 Å². The van der Waals surface area contributed by atoms with Gasteiger partial charge in [-0.1, -0.05) is 0 Å². The first kappa shape index (κ1) is 17.7. The summed E-state index contributed by atoms with van der Waals surface area (Å²) < 4.78 is 53.1. The van der Waals surface area contributed by atoms with Gasteiger partial charge in [-0.2, -0.15) is 13.2 Å². The van der Waals surface area contributed by atoms with Crippen LogP contribution in [0.5, 0.6) is 5.88 Å². The molecule has 138 valence electrons. The number of nitrogens with zero attached hydrogens (tertiary/aromatic N) is 4. The lowest BCUT2D eigenvalue weighted by molar-refractivity contribution is -0.262. The second kappa shape index (κ2) is 6.03. The van der Waals surface area contributed by atoms with E-state index in [2.05, 4.69) is 10.1 Å². The Morgan fingerprint density at radius 2 is 2.04 bits per heavy atom. The van der Waals surface area contributed by atoms with E-state index >= 15 is 0 Å². The fourth-order valence-electron chi connectivity index (χ4n) is 2.85. The summed E-state index contributed by atoms with van der Waals surface area (Å²) in [6.07, 6.45) is -3.52. The van der Waals surface area contributed by atoms with Crippen LogP contribution in [0.3, 0.4) is 0 Å². The van der Waals surface area contributed by atoms with Crippen LogP contribution in [0.25, 0.3) is 11.4 Å². The highest BCUT2D eigenvalue weighted by atomic mass is 19.4. The average molecular weight is 360 g/mol. The maximum atomic E-state index is 13.2. The van der Waals surface area contributed by atoms with E-state index in [1.54, 1.807) is 24.8 Å². The van der Waals surface area contributed by atoms with Gasteiger partial charge in [0, 0.05) is 13.2 Å². The summed E-state index contributed by atoms with van der Waals surface area (Å²) in [6, 6.07) is 1.28. The SMILES string of the molecule is COCCOc1cc2n(n1)C[C@H](C)n1c-2cnc1[C@@](C)(O)C(F)(F)F. The number of rotatable bonds is 5. The van der Waals surface area contributed by atoms with Gasteiger partial charge < -0.3 is 19.1 Å². The monoisotopic (exact) mass is 360 g/mol. The third-order valence-corrected chi connectivity index (χ3v) is 4.22. The summed E-state index contributed by atoms with van der Waals surface area (Å²) >= 11 is 0. The molecule has 0 unspecified atom stereocenters. The molecular formula is C15H19F3N4O3. The van der Waals surface area contributed by atoms with E-state index in [-0.39, 0.29) is 6.04 Å². The lowest BCUT2D eigenvalue weighted by Crippen LogP contribution is -2.42. The summed E-state index contributed by atoms with van der Waals surface area (Å²) in [5.74, 6) is -0.0742. The lowest BCUT2D eigenvalue weighted by Gasteiger charge is -2.31. The van der Waals surface area contributed by atoms with Crippen molar-refractivity contribution >= 4 is 0 Å². The van der Waals surface area contributed by atoms with Crippen LogP contribution in [0.4, 0.5) is 13.2 Å². The molecule has 10 heteroatoms. The van der Waals surface area contributed by atoms with Gasteiger partial charge >= 0.3 is 6.18 Å². The highest BCUT2D eigenvalue weighted by Crippen LogP contribution is 2.42. The number of methoxy groups -OCH3 is 1. The van der Waals surface area contributed by atoms with E-state index in [1.807, 2.05) is 0 Å². The van der Waals surface area contributed by atoms with Gasteiger partial charge in [0.2, 0.25) is 11.5 Å². The Balaban J connectivity index is 2.00. The second-order valence-corrected chi connectivity index (χ2v) is 6.15. The first-order valence-electron chi connectivity index (χ1n) is 7.73. The van der Waals surface area contributed by atoms with E-state index < -0.39 is 17.6 Å². The molecule has 7 nitrogen and oxygen atoms in total. The first-order valence-corrected chi connectivity index (χ1v) is 7.73. The zero-order valence-electron chi connectivity index (χ0n) is 14.0. The molecule has 2 atom stereocenters. The number of aromatic nitrogens is 4. The quantitative estimate of drug-likeness (QED) is 0.827. The Labute approximate surface area is 142 Å². The smallest absolute Gasteiger partial charge is 0.424 e. The lowest BCUT2D eigenvalue weighted by atomic mass is 10.0. The van der Waals surface area contributed by atoms with Gasteiger partial charge in [0.1, 0.15) is 6.61 Å². The molecule has 0 bridgehead atoms. The van der Waals surface area contributed by atoms with Crippen LogP contribution >= 0.6 is 0 Å². The van der Waals surface area contributed by atoms with E-state index in [0.29, 0.717) is 44.0 Å². The van der Waals surface area contributed by atoms with Crippen LogP contribution in [-0.2, 0) is 16.9 Å². The summed E-state index contributed by atoms with van der Waals surface area (Å²) in [6.45, 7) is 3.51.